The second kappa shape index (κ2) is 13.5. The molecule has 3 rings (SSSR count). The number of halogens is 1. The summed E-state index contributed by atoms with van der Waals surface area (Å²) in [6, 6.07) is 12.8. The Hall–Kier alpha value is -4.04. The average molecular weight is 533 g/mol. The summed E-state index contributed by atoms with van der Waals surface area (Å²) < 4.78 is 20.0. The third-order valence-electron chi connectivity index (χ3n) is 5.65. The highest BCUT2D eigenvalue weighted by molar-refractivity contribution is 7.13. The second-order valence-electron chi connectivity index (χ2n) is 8.96. The first-order valence-electron chi connectivity index (χ1n) is 12.2. The maximum atomic E-state index is 13.6. The number of anilines is 1. The normalized spacial score (nSPS) is 14.0. The molecule has 0 fully saturated rings. The molecule has 0 aliphatic rings. The quantitative estimate of drug-likeness (QED) is 0.172. The van der Waals surface area contributed by atoms with Gasteiger partial charge in [-0.15, -0.1) is 11.3 Å². The van der Waals surface area contributed by atoms with E-state index in [0.29, 0.717) is 22.0 Å². The molecule has 1 heterocycles. The van der Waals surface area contributed by atoms with E-state index in [4.69, 9.17) is 10.1 Å². The molecule has 2 aromatic carbocycles. The SMILES string of the molecule is C=C/C=C(F)\C=C/C(C)Nc1ccc(O[C@H](c2cccc(C)c2)C(C)NC(=O)c2ncc(C)s2)cc1C=N. The number of carbonyl (C=O) groups excluding carboxylic acids is 1. The molecule has 6 nitrogen and oxygen atoms in total. The van der Waals surface area contributed by atoms with Crippen LogP contribution in [0.2, 0.25) is 0 Å². The Kier molecular flexibility index (Phi) is 10.1. The van der Waals surface area contributed by atoms with Crippen LogP contribution in [0.15, 0.2) is 85.4 Å². The molecule has 0 saturated heterocycles. The summed E-state index contributed by atoms with van der Waals surface area (Å²) in [4.78, 5) is 18.0. The Labute approximate surface area is 227 Å². The highest BCUT2D eigenvalue weighted by Gasteiger charge is 2.25. The van der Waals surface area contributed by atoms with E-state index < -0.39 is 11.9 Å². The lowest BCUT2D eigenvalue weighted by Gasteiger charge is -2.27. The van der Waals surface area contributed by atoms with Gasteiger partial charge >= 0.3 is 0 Å². The number of aromatic nitrogens is 1. The highest BCUT2D eigenvalue weighted by atomic mass is 32.1. The first-order valence-corrected chi connectivity index (χ1v) is 13.1. The molecule has 0 aliphatic heterocycles. The maximum absolute atomic E-state index is 13.6. The van der Waals surface area contributed by atoms with Crippen molar-refractivity contribution in [1.82, 2.24) is 10.3 Å². The topological polar surface area (TPSA) is 87.1 Å². The number of rotatable bonds is 12. The van der Waals surface area contributed by atoms with Crippen LogP contribution in [-0.2, 0) is 0 Å². The summed E-state index contributed by atoms with van der Waals surface area (Å²) in [5.41, 5.74) is 3.32. The smallest absolute Gasteiger partial charge is 0.280 e. The Morgan fingerprint density at radius 3 is 2.66 bits per heavy atom. The zero-order valence-electron chi connectivity index (χ0n) is 22.0. The van der Waals surface area contributed by atoms with Gasteiger partial charge in [-0.25, -0.2) is 9.37 Å². The van der Waals surface area contributed by atoms with Crippen LogP contribution in [0.25, 0.3) is 0 Å². The molecule has 3 N–H and O–H groups in total. The molecule has 0 bridgehead atoms. The van der Waals surface area contributed by atoms with Gasteiger partial charge in [0.25, 0.3) is 5.91 Å². The second-order valence-corrected chi connectivity index (χ2v) is 10.2. The first-order chi connectivity index (χ1) is 18.2. The molecule has 3 atom stereocenters. The van der Waals surface area contributed by atoms with Crippen LogP contribution in [0, 0.1) is 19.3 Å². The largest absolute Gasteiger partial charge is 0.484 e. The first kappa shape index (κ1) is 28.5. The van der Waals surface area contributed by atoms with Crippen LogP contribution < -0.4 is 15.4 Å². The molecular weight excluding hydrogens is 499 g/mol. The lowest BCUT2D eigenvalue weighted by Crippen LogP contribution is -2.39. The Morgan fingerprint density at radius 1 is 1.21 bits per heavy atom. The molecule has 1 aromatic heterocycles. The van der Waals surface area contributed by atoms with Crippen molar-refractivity contribution in [1.29, 1.82) is 5.41 Å². The minimum atomic E-state index is -0.487. The molecule has 0 radical (unpaired) electrons. The monoisotopic (exact) mass is 532 g/mol. The van der Waals surface area contributed by atoms with Gasteiger partial charge in [0.05, 0.1) is 6.04 Å². The van der Waals surface area contributed by atoms with Crippen LogP contribution in [0.4, 0.5) is 10.1 Å². The Morgan fingerprint density at radius 2 is 2.00 bits per heavy atom. The molecule has 0 aliphatic carbocycles. The lowest BCUT2D eigenvalue weighted by molar-refractivity contribution is 0.0881. The van der Waals surface area contributed by atoms with E-state index in [1.807, 2.05) is 64.1 Å². The van der Waals surface area contributed by atoms with E-state index in [1.165, 1.54) is 35.8 Å². The van der Waals surface area contributed by atoms with Crippen molar-refractivity contribution in [3.8, 4) is 5.75 Å². The van der Waals surface area contributed by atoms with Gasteiger partial charge in [-0.1, -0.05) is 48.6 Å². The van der Waals surface area contributed by atoms with Crippen LogP contribution in [0.3, 0.4) is 0 Å². The minimum Gasteiger partial charge on any atom is -0.484 e. The Balaban J connectivity index is 1.82. The van der Waals surface area contributed by atoms with E-state index in [1.54, 1.807) is 18.3 Å². The van der Waals surface area contributed by atoms with Gasteiger partial charge in [0.1, 0.15) is 17.7 Å². The molecule has 0 saturated carbocycles. The number of hydrogen-bond donors (Lipinski definition) is 3. The number of nitrogens with zero attached hydrogens (tertiary/aromatic N) is 1. The molecule has 38 heavy (non-hydrogen) atoms. The van der Waals surface area contributed by atoms with Crippen molar-refractivity contribution in [2.75, 3.05) is 5.32 Å². The van der Waals surface area contributed by atoms with E-state index in [0.717, 1.165) is 16.0 Å². The molecule has 1 amide bonds. The van der Waals surface area contributed by atoms with Gasteiger partial charge in [0, 0.05) is 34.6 Å². The summed E-state index contributed by atoms with van der Waals surface area (Å²) in [5.74, 6) is -0.0917. The lowest BCUT2D eigenvalue weighted by atomic mass is 10.0. The van der Waals surface area contributed by atoms with Gasteiger partial charge in [-0.3, -0.25) is 4.79 Å². The van der Waals surface area contributed by atoms with Crippen LogP contribution in [-0.4, -0.2) is 29.2 Å². The molecule has 0 spiro atoms. The standard InChI is InChI=1S/C30H33FN4O2S/c1-6-8-25(31)12-11-20(3)34-27-14-13-26(16-24(27)17-32)37-28(23-10-7-9-19(2)15-23)22(5)35-29(36)30-33-18-21(4)38-30/h6-18,20,22,28,32,34H,1H2,2-5H3,(H,35,36)/b12-11-,25-8+,32-17?/t20?,22?,28-/m0/s1. The van der Waals surface area contributed by atoms with Crippen molar-refractivity contribution in [3.05, 3.63) is 112 Å². The number of hydrogen-bond acceptors (Lipinski definition) is 6. The average Bonchev–Trinajstić information content (AvgIpc) is 3.33. The number of aryl methyl sites for hydroxylation is 2. The zero-order valence-corrected chi connectivity index (χ0v) is 22.8. The zero-order chi connectivity index (χ0) is 27.7. The third-order valence-corrected chi connectivity index (χ3v) is 6.56. The van der Waals surface area contributed by atoms with E-state index in [2.05, 4.69) is 22.2 Å². The van der Waals surface area contributed by atoms with Crippen molar-refractivity contribution in [3.63, 3.8) is 0 Å². The summed E-state index contributed by atoms with van der Waals surface area (Å²) in [6.45, 7) is 11.2. The predicted molar refractivity (Wildman–Crippen MR) is 154 cm³/mol. The number of nitrogens with one attached hydrogen (secondary N) is 3. The highest BCUT2D eigenvalue weighted by Crippen LogP contribution is 2.29. The van der Waals surface area contributed by atoms with Gasteiger partial charge in [0.2, 0.25) is 0 Å². The van der Waals surface area contributed by atoms with Gasteiger partial charge < -0.3 is 20.8 Å². The summed E-state index contributed by atoms with van der Waals surface area (Å²) >= 11 is 1.34. The number of thiazole rings is 1. The fourth-order valence-corrected chi connectivity index (χ4v) is 4.49. The van der Waals surface area contributed by atoms with Gasteiger partial charge in [-0.2, -0.15) is 0 Å². The van der Waals surface area contributed by atoms with E-state index in [-0.39, 0.29) is 18.0 Å². The van der Waals surface area contributed by atoms with Crippen LogP contribution in [0.5, 0.6) is 5.75 Å². The van der Waals surface area contributed by atoms with Crippen molar-refractivity contribution < 1.29 is 13.9 Å². The van der Waals surface area contributed by atoms with Crippen LogP contribution in [0.1, 0.15) is 51.3 Å². The number of allylic oxidation sites excluding steroid dienone is 4. The van der Waals surface area contributed by atoms with Crippen LogP contribution >= 0.6 is 11.3 Å². The molecular formula is C30H33FN4O2S. The summed E-state index contributed by atoms with van der Waals surface area (Å²) in [7, 11) is 0. The summed E-state index contributed by atoms with van der Waals surface area (Å²) in [6.07, 6.45) is 8.16. The fourth-order valence-electron chi connectivity index (χ4n) is 3.82. The minimum absolute atomic E-state index is 0.186. The number of amides is 1. The third kappa shape index (κ3) is 7.98. The molecule has 198 valence electrons. The number of carbonyl (C=O) groups is 1. The fraction of sp³-hybridized carbons (Fsp3) is 0.233. The number of ether oxygens (including phenoxy) is 1. The van der Waals surface area contributed by atoms with Gasteiger partial charge in [-0.05, 0) is 63.6 Å². The summed E-state index contributed by atoms with van der Waals surface area (Å²) in [5, 5.41) is 14.6. The predicted octanol–water partition coefficient (Wildman–Crippen LogP) is 7.09. The molecule has 8 heteroatoms. The molecule has 2 unspecified atom stereocenters. The van der Waals surface area contributed by atoms with E-state index in [9.17, 15) is 9.18 Å². The van der Waals surface area contributed by atoms with Crippen molar-refractivity contribution >= 4 is 29.1 Å². The van der Waals surface area contributed by atoms with Gasteiger partial charge in [0.15, 0.2) is 5.01 Å². The Bertz CT molecular complexity index is 1350. The van der Waals surface area contributed by atoms with Crippen molar-refractivity contribution in [2.24, 2.45) is 0 Å². The maximum Gasteiger partial charge on any atom is 0.280 e. The molecule has 3 aromatic rings. The van der Waals surface area contributed by atoms with E-state index >= 15 is 0 Å². The van der Waals surface area contributed by atoms with Crippen molar-refractivity contribution in [2.45, 2.75) is 45.9 Å². The number of benzene rings is 2.